The fraction of sp³-hybridized carbons (Fsp3) is 0.467. The molecule has 0 bridgehead atoms. The number of carbonyl (C=O) groups excluding carboxylic acids is 1. The van der Waals surface area contributed by atoms with Crippen molar-refractivity contribution in [3.05, 3.63) is 35.4 Å². The summed E-state index contributed by atoms with van der Waals surface area (Å²) in [5.74, 6) is 0.127. The Morgan fingerprint density at radius 2 is 2.10 bits per heavy atom. The highest BCUT2D eigenvalue weighted by Gasteiger charge is 2.42. The predicted octanol–water partition coefficient (Wildman–Crippen LogP) is 2.13. The predicted molar refractivity (Wildman–Crippen MR) is 82.4 cm³/mol. The number of nitrogens with one attached hydrogen (secondary N) is 1. The summed E-state index contributed by atoms with van der Waals surface area (Å²) in [7, 11) is 0. The van der Waals surface area contributed by atoms with E-state index in [4.69, 9.17) is 12.2 Å². The maximum Gasteiger partial charge on any atom is 0.256 e. The number of rotatable bonds is 1. The number of amides is 1. The number of benzene rings is 1. The topological polar surface area (TPSA) is 35.6 Å². The fourth-order valence-corrected chi connectivity index (χ4v) is 3.41. The second-order valence-electron chi connectivity index (χ2n) is 5.61. The summed E-state index contributed by atoms with van der Waals surface area (Å²) in [6.07, 6.45) is 0.919. The first-order valence-electron chi connectivity index (χ1n) is 7.06. The van der Waals surface area contributed by atoms with E-state index in [0.29, 0.717) is 6.04 Å². The minimum absolute atomic E-state index is 0.0359. The Labute approximate surface area is 124 Å². The lowest BCUT2D eigenvalue weighted by Gasteiger charge is -2.42. The van der Waals surface area contributed by atoms with E-state index >= 15 is 0 Å². The van der Waals surface area contributed by atoms with Crippen molar-refractivity contribution in [2.75, 3.05) is 13.1 Å². The molecule has 1 atom stereocenters. The van der Waals surface area contributed by atoms with E-state index in [2.05, 4.69) is 24.1 Å². The molecule has 1 fully saturated rings. The summed E-state index contributed by atoms with van der Waals surface area (Å²) in [4.78, 5) is 16.5. The van der Waals surface area contributed by atoms with E-state index in [1.807, 2.05) is 29.2 Å². The molecular formula is C15H19N3OS. The van der Waals surface area contributed by atoms with Crippen LogP contribution in [-0.2, 0) is 0 Å². The Morgan fingerprint density at radius 1 is 1.35 bits per heavy atom. The van der Waals surface area contributed by atoms with Crippen LogP contribution in [0.15, 0.2) is 24.3 Å². The van der Waals surface area contributed by atoms with Gasteiger partial charge in [0.1, 0.15) is 6.17 Å². The van der Waals surface area contributed by atoms with Crippen molar-refractivity contribution < 1.29 is 4.79 Å². The van der Waals surface area contributed by atoms with Gasteiger partial charge in [-0.2, -0.15) is 0 Å². The molecule has 5 heteroatoms. The minimum Gasteiger partial charge on any atom is -0.360 e. The molecule has 1 unspecified atom stereocenters. The zero-order valence-corrected chi connectivity index (χ0v) is 12.6. The molecule has 4 nitrogen and oxygen atoms in total. The van der Waals surface area contributed by atoms with Crippen molar-refractivity contribution in [1.82, 2.24) is 15.1 Å². The van der Waals surface area contributed by atoms with E-state index < -0.39 is 0 Å². The number of hydrogen-bond acceptors (Lipinski definition) is 2. The standard InChI is InChI=1S/C15H19N3OS/c1-10(2)16-15(20)18-9-5-8-17-13(18)11-6-3-4-7-12(11)14(17)19/h3-4,6-7,10,13H,5,8-9H2,1-2H3,(H,16,20). The summed E-state index contributed by atoms with van der Waals surface area (Å²) in [5.41, 5.74) is 1.89. The third-order valence-corrected chi connectivity index (χ3v) is 4.14. The van der Waals surface area contributed by atoms with Gasteiger partial charge in [0.2, 0.25) is 0 Å². The third-order valence-electron chi connectivity index (χ3n) is 3.79. The Bertz CT molecular complexity index is 558. The molecule has 1 aromatic carbocycles. The van der Waals surface area contributed by atoms with Crippen molar-refractivity contribution in [3.8, 4) is 0 Å². The van der Waals surface area contributed by atoms with Gasteiger partial charge in [-0.3, -0.25) is 4.79 Å². The van der Waals surface area contributed by atoms with Gasteiger partial charge in [0.05, 0.1) is 0 Å². The van der Waals surface area contributed by atoms with E-state index in [9.17, 15) is 4.79 Å². The van der Waals surface area contributed by atoms with Crippen molar-refractivity contribution in [2.24, 2.45) is 0 Å². The zero-order valence-electron chi connectivity index (χ0n) is 11.8. The van der Waals surface area contributed by atoms with Gasteiger partial charge in [-0.05, 0) is 38.6 Å². The van der Waals surface area contributed by atoms with Crippen LogP contribution >= 0.6 is 12.2 Å². The summed E-state index contributed by atoms with van der Waals surface area (Å²) >= 11 is 5.52. The van der Waals surface area contributed by atoms with Gasteiger partial charge in [0, 0.05) is 30.3 Å². The number of carbonyl (C=O) groups is 1. The smallest absolute Gasteiger partial charge is 0.256 e. The number of fused-ring (bicyclic) bond motifs is 3. The van der Waals surface area contributed by atoms with Crippen molar-refractivity contribution in [2.45, 2.75) is 32.5 Å². The quantitative estimate of drug-likeness (QED) is 0.803. The SMILES string of the molecule is CC(C)NC(=S)N1CCCN2C(=O)c3ccccc3C21. The average molecular weight is 289 g/mol. The van der Waals surface area contributed by atoms with E-state index in [1.54, 1.807) is 0 Å². The largest absolute Gasteiger partial charge is 0.360 e. The first kappa shape index (κ1) is 13.4. The van der Waals surface area contributed by atoms with Crippen LogP contribution in [-0.4, -0.2) is 40.0 Å². The highest BCUT2D eigenvalue weighted by molar-refractivity contribution is 7.80. The Morgan fingerprint density at radius 3 is 2.85 bits per heavy atom. The first-order valence-corrected chi connectivity index (χ1v) is 7.47. The van der Waals surface area contributed by atoms with Crippen LogP contribution < -0.4 is 5.32 Å². The normalized spacial score (nSPS) is 20.9. The second kappa shape index (κ2) is 5.05. The van der Waals surface area contributed by atoms with E-state index in [0.717, 1.165) is 35.7 Å². The second-order valence-corrected chi connectivity index (χ2v) is 6.00. The number of hydrogen-bond donors (Lipinski definition) is 1. The van der Waals surface area contributed by atoms with Crippen molar-refractivity contribution >= 4 is 23.2 Å². The van der Waals surface area contributed by atoms with Crippen LogP contribution in [0.25, 0.3) is 0 Å². The molecule has 20 heavy (non-hydrogen) atoms. The number of nitrogens with zero attached hydrogens (tertiary/aromatic N) is 2. The fourth-order valence-electron chi connectivity index (χ4n) is 2.99. The molecule has 1 N–H and O–H groups in total. The molecule has 1 aromatic rings. The molecule has 0 saturated carbocycles. The molecule has 3 rings (SSSR count). The van der Waals surface area contributed by atoms with E-state index in [1.165, 1.54) is 0 Å². The number of thiocarbonyl (C=S) groups is 1. The molecule has 0 radical (unpaired) electrons. The molecule has 0 aromatic heterocycles. The maximum atomic E-state index is 12.5. The molecule has 0 aliphatic carbocycles. The lowest BCUT2D eigenvalue weighted by molar-refractivity contribution is 0.0429. The van der Waals surface area contributed by atoms with Crippen LogP contribution in [0.5, 0.6) is 0 Å². The van der Waals surface area contributed by atoms with Crippen LogP contribution in [0.2, 0.25) is 0 Å². The lowest BCUT2D eigenvalue weighted by atomic mass is 10.1. The van der Waals surface area contributed by atoms with Gasteiger partial charge in [0.25, 0.3) is 5.91 Å². The Kier molecular flexibility index (Phi) is 3.38. The molecular weight excluding hydrogens is 270 g/mol. The van der Waals surface area contributed by atoms with Gasteiger partial charge < -0.3 is 15.1 Å². The summed E-state index contributed by atoms with van der Waals surface area (Å²) in [6.45, 7) is 5.84. The molecule has 1 saturated heterocycles. The summed E-state index contributed by atoms with van der Waals surface area (Å²) < 4.78 is 0. The van der Waals surface area contributed by atoms with Crippen molar-refractivity contribution in [3.63, 3.8) is 0 Å². The highest BCUT2D eigenvalue weighted by Crippen LogP contribution is 2.38. The third kappa shape index (κ3) is 2.06. The monoisotopic (exact) mass is 289 g/mol. The summed E-state index contributed by atoms with van der Waals surface area (Å²) in [6, 6.07) is 8.15. The molecule has 1 amide bonds. The first-order chi connectivity index (χ1) is 9.59. The van der Waals surface area contributed by atoms with Crippen LogP contribution in [0.4, 0.5) is 0 Å². The summed E-state index contributed by atoms with van der Waals surface area (Å²) in [5, 5.41) is 4.03. The molecule has 2 aliphatic heterocycles. The van der Waals surface area contributed by atoms with Gasteiger partial charge >= 0.3 is 0 Å². The highest BCUT2D eigenvalue weighted by atomic mass is 32.1. The lowest BCUT2D eigenvalue weighted by Crippen LogP contribution is -2.52. The van der Waals surface area contributed by atoms with Gasteiger partial charge in [-0.25, -0.2) is 0 Å². The molecule has 0 spiro atoms. The van der Waals surface area contributed by atoms with Gasteiger partial charge in [-0.1, -0.05) is 18.2 Å². The zero-order chi connectivity index (χ0) is 14.3. The van der Waals surface area contributed by atoms with Crippen LogP contribution in [0.3, 0.4) is 0 Å². The average Bonchev–Trinajstić information content (AvgIpc) is 2.72. The Hall–Kier alpha value is -1.62. The molecule has 2 aliphatic rings. The van der Waals surface area contributed by atoms with Gasteiger partial charge in [-0.15, -0.1) is 0 Å². The molecule has 2 heterocycles. The Balaban J connectivity index is 1.95. The maximum absolute atomic E-state index is 12.5. The van der Waals surface area contributed by atoms with Gasteiger partial charge in [0.15, 0.2) is 5.11 Å². The molecule has 106 valence electrons. The van der Waals surface area contributed by atoms with Crippen molar-refractivity contribution in [1.29, 1.82) is 0 Å². The van der Waals surface area contributed by atoms with Crippen LogP contribution in [0, 0.1) is 0 Å². The van der Waals surface area contributed by atoms with Crippen LogP contribution in [0.1, 0.15) is 42.4 Å². The van der Waals surface area contributed by atoms with E-state index in [-0.39, 0.29) is 12.1 Å². The minimum atomic E-state index is -0.0359.